The van der Waals surface area contributed by atoms with Crippen molar-refractivity contribution in [2.24, 2.45) is 5.10 Å². The van der Waals surface area contributed by atoms with Gasteiger partial charge in [-0.3, -0.25) is 4.79 Å². The second-order valence-corrected chi connectivity index (χ2v) is 6.23. The summed E-state index contributed by atoms with van der Waals surface area (Å²) in [5.74, 6) is 0.131. The summed E-state index contributed by atoms with van der Waals surface area (Å²) < 4.78 is 1.68. The van der Waals surface area contributed by atoms with Crippen LogP contribution in [-0.2, 0) is 5.41 Å². The van der Waals surface area contributed by atoms with Crippen LogP contribution in [0.3, 0.4) is 0 Å². The number of fused-ring (bicyclic) bond motifs is 1. The minimum absolute atomic E-state index is 0.131. The van der Waals surface area contributed by atoms with Gasteiger partial charge >= 0.3 is 0 Å². The van der Waals surface area contributed by atoms with Gasteiger partial charge in [-0.2, -0.15) is 5.10 Å². The third-order valence-electron chi connectivity index (χ3n) is 5.05. The van der Waals surface area contributed by atoms with Crippen LogP contribution < -0.4 is 0 Å². The maximum atomic E-state index is 12.1. The van der Waals surface area contributed by atoms with Gasteiger partial charge in [0.25, 0.3) is 0 Å². The van der Waals surface area contributed by atoms with Crippen LogP contribution in [0.2, 0.25) is 0 Å². The van der Waals surface area contributed by atoms with Gasteiger partial charge in [0.1, 0.15) is 5.69 Å². The van der Waals surface area contributed by atoms with E-state index in [0.717, 1.165) is 24.1 Å². The summed E-state index contributed by atoms with van der Waals surface area (Å²) in [5, 5.41) is 4.57. The van der Waals surface area contributed by atoms with Gasteiger partial charge in [0, 0.05) is 6.20 Å². The SMILES string of the molecule is CCC(C)(CC)c1ccc(C2=Nn3cccc3C(=O)C2)cc1. The van der Waals surface area contributed by atoms with E-state index >= 15 is 0 Å². The van der Waals surface area contributed by atoms with Gasteiger partial charge in [-0.05, 0) is 41.5 Å². The van der Waals surface area contributed by atoms with Crippen molar-refractivity contribution in [2.75, 3.05) is 0 Å². The molecule has 1 aromatic carbocycles. The average molecular weight is 294 g/mol. The van der Waals surface area contributed by atoms with E-state index in [-0.39, 0.29) is 11.2 Å². The van der Waals surface area contributed by atoms with E-state index in [0.29, 0.717) is 12.1 Å². The number of carbonyl (C=O) groups excluding carboxylic acids is 1. The van der Waals surface area contributed by atoms with Crippen molar-refractivity contribution >= 4 is 11.5 Å². The number of nitrogens with zero attached hydrogens (tertiary/aromatic N) is 2. The number of carbonyl (C=O) groups is 1. The number of hydrogen-bond acceptors (Lipinski definition) is 2. The van der Waals surface area contributed by atoms with Gasteiger partial charge < -0.3 is 0 Å². The molecule has 1 aliphatic rings. The first kappa shape index (κ1) is 14.8. The molecule has 0 bridgehead atoms. The summed E-state index contributed by atoms with van der Waals surface area (Å²) in [4.78, 5) is 12.1. The van der Waals surface area contributed by atoms with Gasteiger partial charge in [-0.25, -0.2) is 4.68 Å². The molecular formula is C19H22N2O. The highest BCUT2D eigenvalue weighted by Crippen LogP contribution is 2.31. The summed E-state index contributed by atoms with van der Waals surface area (Å²) in [6, 6.07) is 12.2. The highest BCUT2D eigenvalue weighted by molar-refractivity contribution is 6.16. The molecule has 0 saturated heterocycles. The van der Waals surface area contributed by atoms with E-state index in [1.54, 1.807) is 4.68 Å². The van der Waals surface area contributed by atoms with Gasteiger partial charge in [0.05, 0.1) is 12.1 Å². The number of Topliss-reactive ketones (excluding diaryl/α,β-unsaturated/α-hetero) is 1. The van der Waals surface area contributed by atoms with Crippen molar-refractivity contribution in [1.29, 1.82) is 0 Å². The van der Waals surface area contributed by atoms with E-state index in [1.807, 2.05) is 18.3 Å². The molecular weight excluding hydrogens is 272 g/mol. The summed E-state index contributed by atoms with van der Waals surface area (Å²) in [6.45, 7) is 6.76. The predicted octanol–water partition coefficient (Wildman–Crippen LogP) is 4.40. The Balaban J connectivity index is 1.93. The van der Waals surface area contributed by atoms with E-state index in [2.05, 4.69) is 50.1 Å². The van der Waals surface area contributed by atoms with Crippen LogP contribution in [0.15, 0.2) is 47.7 Å². The fraction of sp³-hybridized carbons (Fsp3) is 0.368. The molecule has 0 aliphatic carbocycles. The van der Waals surface area contributed by atoms with Crippen molar-refractivity contribution in [1.82, 2.24) is 4.68 Å². The lowest BCUT2D eigenvalue weighted by atomic mass is 9.77. The minimum Gasteiger partial charge on any atom is -0.292 e. The van der Waals surface area contributed by atoms with Crippen molar-refractivity contribution in [3.8, 4) is 0 Å². The molecule has 3 rings (SSSR count). The Hall–Kier alpha value is -2.16. The second-order valence-electron chi connectivity index (χ2n) is 6.23. The fourth-order valence-electron chi connectivity index (χ4n) is 2.97. The van der Waals surface area contributed by atoms with Crippen LogP contribution in [0, 0.1) is 0 Å². The maximum Gasteiger partial charge on any atom is 0.187 e. The zero-order valence-electron chi connectivity index (χ0n) is 13.5. The van der Waals surface area contributed by atoms with Gasteiger partial charge in [-0.1, -0.05) is 45.0 Å². The number of ketones is 1. The third kappa shape index (κ3) is 2.41. The van der Waals surface area contributed by atoms with Crippen LogP contribution in [0.4, 0.5) is 0 Å². The Labute approximate surface area is 131 Å². The monoisotopic (exact) mass is 294 g/mol. The molecule has 1 aliphatic heterocycles. The first-order valence-electron chi connectivity index (χ1n) is 7.96. The minimum atomic E-state index is 0.131. The Morgan fingerprint density at radius 1 is 1.14 bits per heavy atom. The number of rotatable bonds is 4. The van der Waals surface area contributed by atoms with Gasteiger partial charge in [-0.15, -0.1) is 0 Å². The molecule has 22 heavy (non-hydrogen) atoms. The molecule has 3 heteroatoms. The van der Waals surface area contributed by atoms with Gasteiger partial charge in [0.15, 0.2) is 5.78 Å². The lowest BCUT2D eigenvalue weighted by Gasteiger charge is -2.27. The smallest absolute Gasteiger partial charge is 0.187 e. The van der Waals surface area contributed by atoms with Crippen molar-refractivity contribution < 1.29 is 4.79 Å². The largest absolute Gasteiger partial charge is 0.292 e. The molecule has 0 atom stereocenters. The molecule has 0 radical (unpaired) electrons. The topological polar surface area (TPSA) is 34.4 Å². The van der Waals surface area contributed by atoms with Crippen molar-refractivity contribution in [3.63, 3.8) is 0 Å². The van der Waals surface area contributed by atoms with E-state index < -0.39 is 0 Å². The van der Waals surface area contributed by atoms with E-state index in [1.165, 1.54) is 5.56 Å². The molecule has 0 N–H and O–H groups in total. The lowest BCUT2D eigenvalue weighted by Crippen LogP contribution is -2.21. The molecule has 1 aromatic heterocycles. The summed E-state index contributed by atoms with van der Waals surface area (Å²) in [6.07, 6.45) is 4.44. The predicted molar refractivity (Wildman–Crippen MR) is 89.7 cm³/mol. The fourth-order valence-corrected chi connectivity index (χ4v) is 2.97. The standard InChI is InChI=1S/C19H22N2O/c1-4-19(3,5-2)15-10-8-14(9-11-15)16-13-18(22)17-7-6-12-21(17)20-16/h6-12H,4-5,13H2,1-3H3. The molecule has 2 heterocycles. The maximum absolute atomic E-state index is 12.1. The third-order valence-corrected chi connectivity index (χ3v) is 5.05. The van der Waals surface area contributed by atoms with Crippen LogP contribution in [0.5, 0.6) is 0 Å². The first-order chi connectivity index (χ1) is 10.6. The Morgan fingerprint density at radius 3 is 2.45 bits per heavy atom. The highest BCUT2D eigenvalue weighted by atomic mass is 16.1. The Morgan fingerprint density at radius 2 is 1.82 bits per heavy atom. The number of hydrogen-bond donors (Lipinski definition) is 0. The summed E-state index contributed by atoms with van der Waals surface area (Å²) >= 11 is 0. The quantitative estimate of drug-likeness (QED) is 0.822. The van der Waals surface area contributed by atoms with Crippen LogP contribution in [0.1, 0.15) is 61.6 Å². The van der Waals surface area contributed by atoms with Crippen molar-refractivity contribution in [2.45, 2.75) is 45.4 Å². The van der Waals surface area contributed by atoms with Gasteiger partial charge in [0.2, 0.25) is 0 Å². The molecule has 3 nitrogen and oxygen atoms in total. The molecule has 0 amide bonds. The van der Waals surface area contributed by atoms with E-state index in [9.17, 15) is 4.79 Å². The molecule has 2 aromatic rings. The molecule has 114 valence electrons. The Bertz CT molecular complexity index is 718. The number of aromatic nitrogens is 1. The summed E-state index contributed by atoms with van der Waals surface area (Å²) in [5.41, 5.74) is 4.12. The molecule has 0 fully saturated rings. The van der Waals surface area contributed by atoms with E-state index in [4.69, 9.17) is 0 Å². The summed E-state index contributed by atoms with van der Waals surface area (Å²) in [7, 11) is 0. The van der Waals surface area contributed by atoms with Crippen molar-refractivity contribution in [3.05, 3.63) is 59.4 Å². The highest BCUT2D eigenvalue weighted by Gasteiger charge is 2.23. The molecule has 0 saturated carbocycles. The molecule has 0 unspecified atom stereocenters. The zero-order valence-corrected chi connectivity index (χ0v) is 13.5. The average Bonchev–Trinajstić information content (AvgIpc) is 3.03. The normalized spacial score (nSPS) is 14.7. The molecule has 0 spiro atoms. The second kappa shape index (κ2) is 5.56. The zero-order chi connectivity index (χ0) is 15.7. The Kier molecular flexibility index (Phi) is 3.73. The lowest BCUT2D eigenvalue weighted by molar-refractivity contribution is 0.0989. The van der Waals surface area contributed by atoms with Crippen LogP contribution in [-0.4, -0.2) is 16.2 Å². The van der Waals surface area contributed by atoms with Crippen LogP contribution in [0.25, 0.3) is 0 Å². The van der Waals surface area contributed by atoms with Crippen LogP contribution >= 0.6 is 0 Å². The number of benzene rings is 1. The first-order valence-corrected chi connectivity index (χ1v) is 7.96.